The zero-order valence-electron chi connectivity index (χ0n) is 16.3. The molecule has 7 heteroatoms. The quantitative estimate of drug-likeness (QED) is 0.708. The van der Waals surface area contributed by atoms with Crippen molar-refractivity contribution in [2.45, 2.75) is 64.7 Å². The van der Waals surface area contributed by atoms with E-state index in [1.807, 2.05) is 12.3 Å². The van der Waals surface area contributed by atoms with Crippen LogP contribution in [0.25, 0.3) is 0 Å². The van der Waals surface area contributed by atoms with E-state index in [4.69, 9.17) is 9.47 Å². The van der Waals surface area contributed by atoms with E-state index in [2.05, 4.69) is 10.3 Å². The Morgan fingerprint density at radius 1 is 1.21 bits per heavy atom. The van der Waals surface area contributed by atoms with Crippen LogP contribution in [0.15, 0.2) is 29.6 Å². The number of nitrogens with zero attached hydrogens (tertiary/aromatic N) is 1. The lowest BCUT2D eigenvalue weighted by atomic mass is 9.95. The van der Waals surface area contributed by atoms with Crippen molar-refractivity contribution >= 4 is 23.2 Å². The van der Waals surface area contributed by atoms with Crippen LogP contribution in [0.2, 0.25) is 0 Å². The Hall–Kier alpha value is -2.41. The Bertz CT molecular complexity index is 797. The minimum absolute atomic E-state index is 0.195. The van der Waals surface area contributed by atoms with Crippen LogP contribution in [0.5, 0.6) is 5.75 Å². The third kappa shape index (κ3) is 5.79. The zero-order chi connectivity index (χ0) is 19.9. The lowest BCUT2D eigenvalue weighted by Crippen LogP contribution is -2.42. The predicted molar refractivity (Wildman–Crippen MR) is 108 cm³/mol. The SMILES string of the molecule is Cc1nc(COc2ccc(C(=O)O[C@@H](C)C(=O)NC3CCCCC3)cc2)cs1. The van der Waals surface area contributed by atoms with Crippen LogP contribution >= 0.6 is 11.3 Å². The van der Waals surface area contributed by atoms with Gasteiger partial charge in [-0.3, -0.25) is 4.79 Å². The van der Waals surface area contributed by atoms with Gasteiger partial charge in [0.1, 0.15) is 12.4 Å². The topological polar surface area (TPSA) is 77.5 Å². The fourth-order valence-electron chi connectivity index (χ4n) is 3.17. The summed E-state index contributed by atoms with van der Waals surface area (Å²) >= 11 is 1.58. The number of thiazole rings is 1. The third-order valence-electron chi connectivity index (χ3n) is 4.75. The van der Waals surface area contributed by atoms with Gasteiger partial charge >= 0.3 is 5.97 Å². The van der Waals surface area contributed by atoms with Gasteiger partial charge in [0.25, 0.3) is 5.91 Å². The van der Waals surface area contributed by atoms with Crippen LogP contribution in [0.1, 0.15) is 60.1 Å². The van der Waals surface area contributed by atoms with E-state index in [0.29, 0.717) is 17.9 Å². The zero-order valence-corrected chi connectivity index (χ0v) is 17.1. The lowest BCUT2D eigenvalue weighted by molar-refractivity contribution is -0.130. The second-order valence-electron chi connectivity index (χ2n) is 7.06. The summed E-state index contributed by atoms with van der Waals surface area (Å²) in [7, 11) is 0. The second-order valence-corrected chi connectivity index (χ2v) is 8.12. The van der Waals surface area contributed by atoms with Gasteiger partial charge in [-0.2, -0.15) is 0 Å². The molecule has 150 valence electrons. The van der Waals surface area contributed by atoms with Crippen LogP contribution in [-0.2, 0) is 16.1 Å². The highest BCUT2D eigenvalue weighted by Crippen LogP contribution is 2.18. The Morgan fingerprint density at radius 3 is 2.57 bits per heavy atom. The van der Waals surface area contributed by atoms with Crippen LogP contribution in [0, 0.1) is 6.92 Å². The summed E-state index contributed by atoms with van der Waals surface area (Å²) in [5.41, 5.74) is 1.26. The van der Waals surface area contributed by atoms with E-state index >= 15 is 0 Å². The molecule has 2 aromatic rings. The second kappa shape index (κ2) is 9.68. The minimum Gasteiger partial charge on any atom is -0.487 e. The number of nitrogens with one attached hydrogen (secondary N) is 1. The molecule has 0 radical (unpaired) electrons. The highest BCUT2D eigenvalue weighted by Gasteiger charge is 2.22. The standard InChI is InChI=1S/C21H26N2O4S/c1-14(20(24)23-17-6-4-3-5-7-17)27-21(25)16-8-10-19(11-9-16)26-12-18-13-28-15(2)22-18/h8-11,13-14,17H,3-7,12H2,1-2H3,(H,23,24)/t14-/m0/s1. The maximum Gasteiger partial charge on any atom is 0.338 e. The number of aromatic nitrogens is 1. The van der Waals surface area contributed by atoms with Crippen LogP contribution in [0.3, 0.4) is 0 Å². The Labute approximate surface area is 169 Å². The van der Waals surface area contributed by atoms with Crippen LogP contribution in [0.4, 0.5) is 0 Å². The first-order valence-electron chi connectivity index (χ1n) is 9.66. The van der Waals surface area contributed by atoms with Crippen molar-refractivity contribution in [2.24, 2.45) is 0 Å². The number of carbonyl (C=O) groups is 2. The van der Waals surface area contributed by atoms with Crippen molar-refractivity contribution < 1.29 is 19.1 Å². The summed E-state index contributed by atoms with van der Waals surface area (Å²) in [6.45, 7) is 3.93. The van der Waals surface area contributed by atoms with Crippen molar-refractivity contribution in [3.63, 3.8) is 0 Å². The molecule has 28 heavy (non-hydrogen) atoms. The highest BCUT2D eigenvalue weighted by atomic mass is 32.1. The molecule has 1 atom stereocenters. The van der Waals surface area contributed by atoms with E-state index in [1.165, 1.54) is 6.42 Å². The molecule has 0 unspecified atom stereocenters. The summed E-state index contributed by atoms with van der Waals surface area (Å²) < 4.78 is 11.0. The molecule has 1 aromatic carbocycles. The molecule has 1 amide bonds. The van der Waals surface area contributed by atoms with Gasteiger partial charge in [0.2, 0.25) is 0 Å². The van der Waals surface area contributed by atoms with Gasteiger partial charge in [0.05, 0.1) is 16.3 Å². The normalized spacial score (nSPS) is 15.6. The van der Waals surface area contributed by atoms with Crippen molar-refractivity contribution in [3.8, 4) is 5.75 Å². The van der Waals surface area contributed by atoms with E-state index in [0.717, 1.165) is 36.4 Å². The summed E-state index contributed by atoms with van der Waals surface area (Å²) in [6, 6.07) is 6.89. The summed E-state index contributed by atoms with van der Waals surface area (Å²) in [5.74, 6) is -0.114. The first-order chi connectivity index (χ1) is 13.5. The van der Waals surface area contributed by atoms with E-state index in [9.17, 15) is 9.59 Å². The molecule has 1 heterocycles. The average Bonchev–Trinajstić information content (AvgIpc) is 3.12. The van der Waals surface area contributed by atoms with Gasteiger partial charge in [-0.05, 0) is 51.0 Å². The maximum absolute atomic E-state index is 12.3. The summed E-state index contributed by atoms with van der Waals surface area (Å²) in [4.78, 5) is 28.9. The van der Waals surface area contributed by atoms with Gasteiger partial charge in [-0.25, -0.2) is 9.78 Å². The van der Waals surface area contributed by atoms with Crippen molar-refractivity contribution in [2.75, 3.05) is 0 Å². The minimum atomic E-state index is -0.821. The predicted octanol–water partition coefficient (Wildman–Crippen LogP) is 4.02. The fraction of sp³-hybridized carbons (Fsp3) is 0.476. The van der Waals surface area contributed by atoms with Gasteiger partial charge in [0, 0.05) is 11.4 Å². The van der Waals surface area contributed by atoms with E-state index < -0.39 is 12.1 Å². The number of carbonyl (C=O) groups excluding carboxylic acids is 2. The molecule has 1 aliphatic carbocycles. The molecular weight excluding hydrogens is 376 g/mol. The average molecular weight is 403 g/mol. The fourth-order valence-corrected chi connectivity index (χ4v) is 3.76. The first kappa shape index (κ1) is 20.3. The number of rotatable bonds is 7. The van der Waals surface area contributed by atoms with Crippen LogP contribution in [-0.4, -0.2) is 29.0 Å². The number of hydrogen-bond acceptors (Lipinski definition) is 6. The third-order valence-corrected chi connectivity index (χ3v) is 5.57. The first-order valence-corrected chi connectivity index (χ1v) is 10.5. The molecule has 3 rings (SSSR count). The monoisotopic (exact) mass is 402 g/mol. The van der Waals surface area contributed by atoms with Gasteiger partial charge in [0.15, 0.2) is 6.10 Å². The van der Waals surface area contributed by atoms with Gasteiger partial charge in [-0.1, -0.05) is 19.3 Å². The molecular formula is C21H26N2O4S. The van der Waals surface area contributed by atoms with Crippen molar-refractivity contribution in [1.82, 2.24) is 10.3 Å². The van der Waals surface area contributed by atoms with Gasteiger partial charge < -0.3 is 14.8 Å². The number of amides is 1. The number of ether oxygens (including phenoxy) is 2. The van der Waals surface area contributed by atoms with Crippen LogP contribution < -0.4 is 10.1 Å². The molecule has 0 bridgehead atoms. The maximum atomic E-state index is 12.3. The summed E-state index contributed by atoms with van der Waals surface area (Å²) in [5, 5.41) is 5.93. The van der Waals surface area contributed by atoms with E-state index in [1.54, 1.807) is 42.5 Å². The Kier molecular flexibility index (Phi) is 7.03. The number of benzene rings is 1. The lowest BCUT2D eigenvalue weighted by Gasteiger charge is -2.24. The molecule has 1 aromatic heterocycles. The number of hydrogen-bond donors (Lipinski definition) is 1. The molecule has 1 fully saturated rings. The molecule has 0 aliphatic heterocycles. The van der Waals surface area contributed by atoms with E-state index in [-0.39, 0.29) is 11.9 Å². The van der Waals surface area contributed by atoms with Crippen molar-refractivity contribution in [3.05, 3.63) is 45.9 Å². The Balaban J connectivity index is 1.47. The molecule has 1 aliphatic rings. The molecule has 0 spiro atoms. The number of esters is 1. The summed E-state index contributed by atoms with van der Waals surface area (Å²) in [6.07, 6.45) is 4.66. The molecule has 1 saturated carbocycles. The number of aryl methyl sites for hydroxylation is 1. The highest BCUT2D eigenvalue weighted by molar-refractivity contribution is 7.09. The van der Waals surface area contributed by atoms with Gasteiger partial charge in [-0.15, -0.1) is 11.3 Å². The largest absolute Gasteiger partial charge is 0.487 e. The smallest absolute Gasteiger partial charge is 0.338 e. The molecule has 6 nitrogen and oxygen atoms in total. The molecule has 0 saturated heterocycles. The van der Waals surface area contributed by atoms with Crippen molar-refractivity contribution in [1.29, 1.82) is 0 Å². The molecule has 1 N–H and O–H groups in total. The Morgan fingerprint density at radius 2 is 1.93 bits per heavy atom.